The Labute approximate surface area is 105 Å². The maximum Gasteiger partial charge on any atom is 0.308 e. The van der Waals surface area contributed by atoms with Crippen LogP contribution in [0, 0.1) is 8.80 Å². The lowest BCUT2D eigenvalue weighted by Crippen LogP contribution is -2.31. The summed E-state index contributed by atoms with van der Waals surface area (Å²) in [7, 11) is 0. The third-order valence-corrected chi connectivity index (χ3v) is 3.61. The van der Waals surface area contributed by atoms with Gasteiger partial charge in [0.05, 0.1) is 14.4 Å². The van der Waals surface area contributed by atoms with Crippen LogP contribution in [0.15, 0.2) is 11.4 Å². The van der Waals surface area contributed by atoms with Crippen molar-refractivity contribution in [3.63, 3.8) is 0 Å². The van der Waals surface area contributed by atoms with Crippen LogP contribution in [-0.2, 0) is 4.79 Å². The normalized spacial score (nSPS) is 12.1. The molecule has 0 bridgehead atoms. The van der Waals surface area contributed by atoms with Crippen molar-refractivity contribution in [2.75, 3.05) is 6.54 Å². The van der Waals surface area contributed by atoms with Gasteiger partial charge in [-0.1, -0.05) is 6.92 Å². The van der Waals surface area contributed by atoms with Crippen molar-refractivity contribution in [3.8, 4) is 0 Å². The van der Waals surface area contributed by atoms with Crippen molar-refractivity contribution in [1.29, 1.82) is 0 Å². The van der Waals surface area contributed by atoms with Gasteiger partial charge < -0.3 is 10.4 Å². The maximum absolute atomic E-state index is 11.5. The molecule has 4 nitrogen and oxygen atoms in total. The van der Waals surface area contributed by atoms with Crippen molar-refractivity contribution in [2.24, 2.45) is 5.92 Å². The fourth-order valence-corrected chi connectivity index (χ4v) is 2.19. The van der Waals surface area contributed by atoms with Gasteiger partial charge in [0.15, 0.2) is 0 Å². The fraction of sp³-hybridized carbons (Fsp3) is 0.333. The molecule has 2 N–H and O–H groups in total. The van der Waals surface area contributed by atoms with E-state index in [1.807, 2.05) is 0 Å². The number of nitrogens with one attached hydrogen (secondary N) is 1. The zero-order chi connectivity index (χ0) is 11.4. The number of rotatable bonds is 4. The second kappa shape index (κ2) is 5.45. The number of carboxylic acid groups (broad SMARTS) is 1. The smallest absolute Gasteiger partial charge is 0.308 e. The van der Waals surface area contributed by atoms with Gasteiger partial charge in [-0.05, 0) is 28.7 Å². The number of aliphatic carboxylic acids is 1. The summed E-state index contributed by atoms with van der Waals surface area (Å²) in [6, 6.07) is 1.77. The molecule has 0 fully saturated rings. The number of hydrogen-bond donors (Lipinski definition) is 2. The molecule has 0 radical (unpaired) electrons. The van der Waals surface area contributed by atoms with E-state index in [0.29, 0.717) is 5.56 Å². The molecule has 15 heavy (non-hydrogen) atoms. The van der Waals surface area contributed by atoms with Crippen LogP contribution in [-0.4, -0.2) is 23.5 Å². The monoisotopic (exact) mass is 339 g/mol. The minimum absolute atomic E-state index is 0.153. The fourth-order valence-electron chi connectivity index (χ4n) is 0.864. The molecular formula is C9H10INO3S. The number of carbonyl (C=O) groups is 2. The van der Waals surface area contributed by atoms with Crippen molar-refractivity contribution in [2.45, 2.75) is 6.92 Å². The zero-order valence-electron chi connectivity index (χ0n) is 7.99. The van der Waals surface area contributed by atoms with E-state index in [0.717, 1.165) is 2.88 Å². The van der Waals surface area contributed by atoms with E-state index in [1.54, 1.807) is 18.4 Å². The summed E-state index contributed by atoms with van der Waals surface area (Å²) >= 11 is 3.61. The minimum atomic E-state index is -0.907. The molecule has 82 valence electrons. The van der Waals surface area contributed by atoms with Crippen LogP contribution in [0.3, 0.4) is 0 Å². The standard InChI is InChI=1S/C9H10INO3S/c1-5(9(13)14)3-11-8(12)6-2-7(10)15-4-6/h2,4-5H,3H2,1H3,(H,11,12)(H,13,14). The lowest BCUT2D eigenvalue weighted by atomic mass is 10.2. The first-order valence-corrected chi connectivity index (χ1v) is 6.21. The molecule has 1 atom stereocenters. The average Bonchev–Trinajstić information content (AvgIpc) is 2.60. The van der Waals surface area contributed by atoms with E-state index in [2.05, 4.69) is 27.9 Å². The first-order chi connectivity index (χ1) is 7.00. The number of carbonyl (C=O) groups excluding carboxylic acids is 1. The number of halogens is 1. The third kappa shape index (κ3) is 3.78. The lowest BCUT2D eigenvalue weighted by molar-refractivity contribution is -0.140. The van der Waals surface area contributed by atoms with Crippen LogP contribution >= 0.6 is 33.9 Å². The summed E-state index contributed by atoms with van der Waals surface area (Å²) in [5.41, 5.74) is 0.585. The Morgan fingerprint density at radius 3 is 2.80 bits per heavy atom. The van der Waals surface area contributed by atoms with Gasteiger partial charge in [0.2, 0.25) is 0 Å². The van der Waals surface area contributed by atoms with E-state index in [-0.39, 0.29) is 12.5 Å². The van der Waals surface area contributed by atoms with E-state index in [9.17, 15) is 9.59 Å². The molecule has 0 spiro atoms. The van der Waals surface area contributed by atoms with E-state index in [4.69, 9.17) is 5.11 Å². The second-order valence-corrected chi connectivity index (χ2v) is 5.89. The number of amides is 1. The van der Waals surface area contributed by atoms with Gasteiger partial charge >= 0.3 is 5.97 Å². The van der Waals surface area contributed by atoms with Gasteiger partial charge in [-0.25, -0.2) is 0 Å². The predicted molar refractivity (Wildman–Crippen MR) is 66.2 cm³/mol. The third-order valence-electron chi connectivity index (χ3n) is 1.82. The Morgan fingerprint density at radius 1 is 1.67 bits per heavy atom. The molecule has 1 amide bonds. The molecule has 1 unspecified atom stereocenters. The number of thiophene rings is 1. The van der Waals surface area contributed by atoms with Gasteiger partial charge in [-0.2, -0.15) is 0 Å². The Hall–Kier alpha value is -0.630. The Morgan fingerprint density at radius 2 is 2.33 bits per heavy atom. The average molecular weight is 339 g/mol. The van der Waals surface area contributed by atoms with Crippen molar-refractivity contribution < 1.29 is 14.7 Å². The highest BCUT2D eigenvalue weighted by Gasteiger charge is 2.13. The lowest BCUT2D eigenvalue weighted by Gasteiger charge is -2.06. The highest BCUT2D eigenvalue weighted by atomic mass is 127. The Balaban J connectivity index is 2.47. The first-order valence-electron chi connectivity index (χ1n) is 4.25. The predicted octanol–water partition coefficient (Wildman–Crippen LogP) is 1.80. The highest BCUT2D eigenvalue weighted by Crippen LogP contribution is 2.16. The summed E-state index contributed by atoms with van der Waals surface area (Å²) in [4.78, 5) is 22.0. The molecule has 0 aromatic carbocycles. The molecule has 6 heteroatoms. The number of carboxylic acids is 1. The van der Waals surface area contributed by atoms with E-state index >= 15 is 0 Å². The molecule has 1 heterocycles. The van der Waals surface area contributed by atoms with Gasteiger partial charge in [-0.3, -0.25) is 9.59 Å². The Bertz CT molecular complexity index is 377. The van der Waals surface area contributed by atoms with Crippen LogP contribution < -0.4 is 5.32 Å². The maximum atomic E-state index is 11.5. The van der Waals surface area contributed by atoms with Crippen LogP contribution in [0.1, 0.15) is 17.3 Å². The topological polar surface area (TPSA) is 66.4 Å². The molecule has 0 aliphatic rings. The van der Waals surface area contributed by atoms with Crippen LogP contribution in [0.25, 0.3) is 0 Å². The summed E-state index contributed by atoms with van der Waals surface area (Å²) < 4.78 is 1.03. The van der Waals surface area contributed by atoms with Gasteiger partial charge in [0.25, 0.3) is 5.91 Å². The zero-order valence-corrected chi connectivity index (χ0v) is 11.0. The molecule has 0 saturated carbocycles. The highest BCUT2D eigenvalue weighted by molar-refractivity contribution is 14.1. The summed E-state index contributed by atoms with van der Waals surface area (Å²) in [6.45, 7) is 1.71. The summed E-state index contributed by atoms with van der Waals surface area (Å²) in [6.07, 6.45) is 0. The van der Waals surface area contributed by atoms with Crippen LogP contribution in [0.4, 0.5) is 0 Å². The second-order valence-electron chi connectivity index (χ2n) is 3.09. The first kappa shape index (κ1) is 12.4. The molecule has 1 aromatic heterocycles. The van der Waals surface area contributed by atoms with Crippen LogP contribution in [0.2, 0.25) is 0 Å². The molecule has 0 aliphatic heterocycles. The van der Waals surface area contributed by atoms with Crippen molar-refractivity contribution in [1.82, 2.24) is 5.32 Å². The van der Waals surface area contributed by atoms with Gasteiger partial charge in [0.1, 0.15) is 0 Å². The minimum Gasteiger partial charge on any atom is -0.481 e. The van der Waals surface area contributed by atoms with Gasteiger partial charge in [0, 0.05) is 11.9 Å². The molecule has 1 rings (SSSR count). The van der Waals surface area contributed by atoms with Crippen molar-refractivity contribution >= 4 is 45.8 Å². The van der Waals surface area contributed by atoms with E-state index < -0.39 is 11.9 Å². The molecule has 0 saturated heterocycles. The SMILES string of the molecule is CC(CNC(=O)c1csc(I)c1)C(=O)O. The largest absolute Gasteiger partial charge is 0.481 e. The van der Waals surface area contributed by atoms with Gasteiger partial charge in [-0.15, -0.1) is 11.3 Å². The molecule has 0 aliphatic carbocycles. The van der Waals surface area contributed by atoms with E-state index in [1.165, 1.54) is 11.3 Å². The quantitative estimate of drug-likeness (QED) is 0.823. The van der Waals surface area contributed by atoms with Crippen molar-refractivity contribution in [3.05, 3.63) is 19.9 Å². The number of hydrogen-bond acceptors (Lipinski definition) is 3. The molecule has 1 aromatic rings. The molecular weight excluding hydrogens is 329 g/mol. The van der Waals surface area contributed by atoms with Crippen LogP contribution in [0.5, 0.6) is 0 Å². The Kier molecular flexibility index (Phi) is 4.52. The summed E-state index contributed by atoms with van der Waals surface area (Å²) in [5, 5.41) is 12.9. The summed E-state index contributed by atoms with van der Waals surface area (Å²) in [5.74, 6) is -1.69.